The van der Waals surface area contributed by atoms with Crippen LogP contribution < -0.4 is 5.32 Å². The minimum absolute atomic E-state index is 0.0717. The zero-order valence-electron chi connectivity index (χ0n) is 16.2. The van der Waals surface area contributed by atoms with Crippen LogP contribution in [0.2, 0.25) is 5.02 Å². The Balaban J connectivity index is 1.51. The van der Waals surface area contributed by atoms with E-state index in [4.69, 9.17) is 11.6 Å². The van der Waals surface area contributed by atoms with E-state index in [1.54, 1.807) is 0 Å². The molecule has 1 aromatic heterocycles. The van der Waals surface area contributed by atoms with Gasteiger partial charge in [0.25, 0.3) is 0 Å². The first kappa shape index (κ1) is 21.8. The van der Waals surface area contributed by atoms with E-state index in [1.165, 1.54) is 12.1 Å². The van der Waals surface area contributed by atoms with E-state index in [0.29, 0.717) is 35.9 Å². The lowest BCUT2D eigenvalue weighted by molar-refractivity contribution is -0.188. The third-order valence-electron chi connectivity index (χ3n) is 5.31. The van der Waals surface area contributed by atoms with E-state index in [0.717, 1.165) is 26.7 Å². The number of alkyl halides is 3. The van der Waals surface area contributed by atoms with Crippen LogP contribution in [0.25, 0.3) is 11.0 Å². The summed E-state index contributed by atoms with van der Waals surface area (Å²) in [6, 6.07) is 2.75. The lowest BCUT2D eigenvalue weighted by atomic mass is 9.93. The summed E-state index contributed by atoms with van der Waals surface area (Å²) in [5, 5.41) is 2.46. The monoisotopic (exact) mass is 434 g/mol. The molecular formula is C19H23ClF4N4O. The van der Waals surface area contributed by atoms with E-state index < -0.39 is 23.4 Å². The third kappa shape index (κ3) is 5.01. The number of fused-ring (bicyclic) bond motifs is 1. The molecule has 5 nitrogen and oxygen atoms in total. The Bertz CT molecular complexity index is 849. The molecule has 0 atom stereocenters. The first-order chi connectivity index (χ1) is 13.5. The molecule has 0 radical (unpaired) electrons. The maximum absolute atomic E-state index is 13.9. The highest BCUT2D eigenvalue weighted by atomic mass is 35.5. The van der Waals surface area contributed by atoms with Gasteiger partial charge in [-0.25, -0.2) is 9.37 Å². The number of nitrogens with zero attached hydrogens (tertiary/aromatic N) is 2. The number of likely N-dealkylation sites (tertiary alicyclic amines) is 1. The number of hydrogen-bond acceptors (Lipinski definition) is 3. The van der Waals surface area contributed by atoms with Crippen LogP contribution in [-0.2, 0) is 11.2 Å². The van der Waals surface area contributed by atoms with Crippen molar-refractivity contribution in [1.82, 2.24) is 20.2 Å². The molecule has 1 saturated heterocycles. The summed E-state index contributed by atoms with van der Waals surface area (Å²) in [6.07, 6.45) is -2.36. The fourth-order valence-corrected chi connectivity index (χ4v) is 3.66. The van der Waals surface area contributed by atoms with Crippen molar-refractivity contribution in [1.29, 1.82) is 0 Å². The van der Waals surface area contributed by atoms with Crippen molar-refractivity contribution in [3.05, 3.63) is 28.8 Å². The van der Waals surface area contributed by atoms with Gasteiger partial charge in [-0.2, -0.15) is 13.2 Å². The molecule has 1 amide bonds. The summed E-state index contributed by atoms with van der Waals surface area (Å²) < 4.78 is 52.5. The second kappa shape index (κ2) is 8.10. The summed E-state index contributed by atoms with van der Waals surface area (Å²) in [4.78, 5) is 21.2. The molecule has 0 aliphatic carbocycles. The van der Waals surface area contributed by atoms with Crippen molar-refractivity contribution < 1.29 is 22.4 Å². The molecule has 1 fully saturated rings. The van der Waals surface area contributed by atoms with Gasteiger partial charge in [0, 0.05) is 6.42 Å². The largest absolute Gasteiger partial charge is 0.410 e. The lowest BCUT2D eigenvalue weighted by Crippen LogP contribution is -2.56. The maximum Gasteiger partial charge on any atom is 0.410 e. The van der Waals surface area contributed by atoms with Gasteiger partial charge in [-0.05, 0) is 57.8 Å². The van der Waals surface area contributed by atoms with Crippen molar-refractivity contribution >= 4 is 28.5 Å². The molecule has 29 heavy (non-hydrogen) atoms. The maximum atomic E-state index is 13.9. The Morgan fingerprint density at radius 3 is 2.55 bits per heavy atom. The molecule has 1 aromatic carbocycles. The smallest absolute Gasteiger partial charge is 0.341 e. The molecule has 0 saturated carbocycles. The molecule has 10 heteroatoms. The first-order valence-corrected chi connectivity index (χ1v) is 9.77. The van der Waals surface area contributed by atoms with Crippen LogP contribution >= 0.6 is 11.6 Å². The molecule has 2 N–H and O–H groups in total. The first-order valence-electron chi connectivity index (χ1n) is 9.39. The number of imidazole rings is 1. The Kier molecular flexibility index (Phi) is 6.10. The van der Waals surface area contributed by atoms with E-state index in [2.05, 4.69) is 15.3 Å². The van der Waals surface area contributed by atoms with Crippen LogP contribution in [-0.4, -0.2) is 52.1 Å². The van der Waals surface area contributed by atoms with Gasteiger partial charge in [-0.1, -0.05) is 11.6 Å². The SMILES string of the molecule is CC(C)(NC(=O)CN1CCC(Cc2nc3c(F)ccc(Cl)c3[nH]2)CC1)C(F)(F)F. The second-order valence-corrected chi connectivity index (χ2v) is 8.44. The van der Waals surface area contributed by atoms with Crippen molar-refractivity contribution in [2.24, 2.45) is 5.92 Å². The fourth-order valence-electron chi connectivity index (χ4n) is 3.46. The van der Waals surface area contributed by atoms with E-state index in [1.807, 2.05) is 4.90 Å². The molecule has 1 aliphatic heterocycles. The molecule has 2 aromatic rings. The van der Waals surface area contributed by atoms with Gasteiger partial charge >= 0.3 is 6.18 Å². The van der Waals surface area contributed by atoms with Gasteiger partial charge in [0.1, 0.15) is 16.9 Å². The summed E-state index contributed by atoms with van der Waals surface area (Å²) in [7, 11) is 0. The Morgan fingerprint density at radius 1 is 1.31 bits per heavy atom. The van der Waals surface area contributed by atoms with E-state index in [-0.39, 0.29) is 18.0 Å². The number of aromatic nitrogens is 2. The predicted octanol–water partition coefficient (Wildman–Crippen LogP) is 4.07. The summed E-state index contributed by atoms with van der Waals surface area (Å²) in [5.74, 6) is -0.152. The quantitative estimate of drug-likeness (QED) is 0.697. The number of nitrogens with one attached hydrogen (secondary N) is 2. The Morgan fingerprint density at radius 2 is 1.97 bits per heavy atom. The third-order valence-corrected chi connectivity index (χ3v) is 5.63. The van der Waals surface area contributed by atoms with Crippen LogP contribution in [0.5, 0.6) is 0 Å². The molecule has 0 spiro atoms. The minimum atomic E-state index is -4.51. The number of piperidine rings is 1. The molecule has 0 bridgehead atoms. The molecule has 1 aliphatic rings. The Hall–Kier alpha value is -1.87. The van der Waals surface area contributed by atoms with Gasteiger partial charge in [0.05, 0.1) is 17.1 Å². The normalized spacial score (nSPS) is 17.1. The highest BCUT2D eigenvalue weighted by Crippen LogP contribution is 2.30. The van der Waals surface area contributed by atoms with Crippen LogP contribution in [0.15, 0.2) is 12.1 Å². The van der Waals surface area contributed by atoms with Crippen molar-refractivity contribution in [3.63, 3.8) is 0 Å². The van der Waals surface area contributed by atoms with Crippen molar-refractivity contribution in [2.45, 2.75) is 44.8 Å². The van der Waals surface area contributed by atoms with E-state index in [9.17, 15) is 22.4 Å². The summed E-state index contributed by atoms with van der Waals surface area (Å²) in [5.41, 5.74) is -1.57. The Labute approximate surface area is 170 Å². The lowest BCUT2D eigenvalue weighted by Gasteiger charge is -2.33. The fraction of sp³-hybridized carbons (Fsp3) is 0.579. The van der Waals surface area contributed by atoms with Gasteiger partial charge in [0.2, 0.25) is 5.91 Å². The molecule has 3 rings (SSSR count). The summed E-state index contributed by atoms with van der Waals surface area (Å²) >= 11 is 6.07. The molecule has 2 heterocycles. The predicted molar refractivity (Wildman–Crippen MR) is 102 cm³/mol. The number of aromatic amines is 1. The van der Waals surface area contributed by atoms with Gasteiger partial charge < -0.3 is 10.3 Å². The average molecular weight is 435 g/mol. The summed E-state index contributed by atoms with van der Waals surface area (Å²) in [6.45, 7) is 3.01. The number of benzene rings is 1. The number of carbonyl (C=O) groups excluding carboxylic acids is 1. The van der Waals surface area contributed by atoms with Crippen molar-refractivity contribution in [3.8, 4) is 0 Å². The molecular weight excluding hydrogens is 412 g/mol. The van der Waals surface area contributed by atoms with Crippen LogP contribution in [0.1, 0.15) is 32.5 Å². The van der Waals surface area contributed by atoms with Gasteiger partial charge in [0.15, 0.2) is 5.82 Å². The van der Waals surface area contributed by atoms with Crippen LogP contribution in [0, 0.1) is 11.7 Å². The van der Waals surface area contributed by atoms with E-state index >= 15 is 0 Å². The average Bonchev–Trinajstić information content (AvgIpc) is 3.03. The highest BCUT2D eigenvalue weighted by molar-refractivity contribution is 6.34. The van der Waals surface area contributed by atoms with Crippen molar-refractivity contribution in [2.75, 3.05) is 19.6 Å². The van der Waals surface area contributed by atoms with Gasteiger partial charge in [-0.3, -0.25) is 9.69 Å². The number of hydrogen-bond donors (Lipinski definition) is 2. The minimum Gasteiger partial charge on any atom is -0.341 e. The van der Waals surface area contributed by atoms with Gasteiger partial charge in [-0.15, -0.1) is 0 Å². The molecule has 160 valence electrons. The van der Waals surface area contributed by atoms with Crippen LogP contribution in [0.3, 0.4) is 0 Å². The zero-order chi connectivity index (χ0) is 21.4. The number of rotatable bonds is 5. The van der Waals surface area contributed by atoms with Crippen LogP contribution in [0.4, 0.5) is 17.6 Å². The zero-order valence-corrected chi connectivity index (χ0v) is 16.9. The number of carbonyl (C=O) groups is 1. The second-order valence-electron chi connectivity index (χ2n) is 8.03. The number of amides is 1. The molecule has 0 unspecified atom stereocenters. The standard InChI is InChI=1S/C19H23ClF4N4O/c1-18(2,19(22,23)24)27-15(29)10-28-7-5-11(6-8-28)9-14-25-16-12(20)3-4-13(21)17(16)26-14/h3-4,11H,5-10H2,1-2H3,(H,25,26)(H,27,29). The number of halogens is 5. The highest BCUT2D eigenvalue weighted by Gasteiger charge is 2.48. The topological polar surface area (TPSA) is 61.0 Å². The number of H-pyrrole nitrogens is 1.